The fraction of sp³-hybridized carbons (Fsp3) is 0.618. The summed E-state index contributed by atoms with van der Waals surface area (Å²) in [5, 5.41) is 0. The van der Waals surface area contributed by atoms with Gasteiger partial charge in [0.15, 0.2) is 6.10 Å². The summed E-state index contributed by atoms with van der Waals surface area (Å²) < 4.78 is 16.6. The van der Waals surface area contributed by atoms with Crippen LogP contribution < -0.4 is 0 Å². The third-order valence-corrected chi connectivity index (χ3v) is 9.79. The van der Waals surface area contributed by atoms with E-state index in [-0.39, 0.29) is 37.5 Å². The molecule has 0 aromatic carbocycles. The molecule has 0 rings (SSSR count). The van der Waals surface area contributed by atoms with E-state index in [1.165, 1.54) is 38.5 Å². The fourth-order valence-electron chi connectivity index (χ4n) is 6.19. The lowest BCUT2D eigenvalue weighted by molar-refractivity contribution is -0.166. The quantitative estimate of drug-likeness (QED) is 0.0264. The summed E-state index contributed by atoms with van der Waals surface area (Å²) in [6.45, 7) is 6.29. The van der Waals surface area contributed by atoms with Gasteiger partial charge in [-0.3, -0.25) is 14.4 Å². The number of allylic oxidation sites excluding steroid dienone is 18. The minimum absolute atomic E-state index is 0.109. The highest BCUT2D eigenvalue weighted by Crippen LogP contribution is 2.13. The van der Waals surface area contributed by atoms with Crippen molar-refractivity contribution in [1.29, 1.82) is 0 Å². The third-order valence-electron chi connectivity index (χ3n) is 9.79. The summed E-state index contributed by atoms with van der Waals surface area (Å²) in [7, 11) is 0. The summed E-state index contributed by atoms with van der Waals surface area (Å²) in [5.41, 5.74) is 0. The zero-order valence-corrected chi connectivity index (χ0v) is 39.1. The molecule has 0 amide bonds. The molecule has 6 nitrogen and oxygen atoms in total. The first-order valence-electron chi connectivity index (χ1n) is 24.4. The number of hydrogen-bond donors (Lipinski definition) is 0. The van der Waals surface area contributed by atoms with Crippen LogP contribution in [0.5, 0.6) is 0 Å². The molecule has 344 valence electrons. The average molecular weight is 845 g/mol. The van der Waals surface area contributed by atoms with Gasteiger partial charge in [0.05, 0.1) is 0 Å². The molecule has 0 saturated carbocycles. The number of rotatable bonds is 42. The van der Waals surface area contributed by atoms with E-state index < -0.39 is 6.10 Å². The van der Waals surface area contributed by atoms with E-state index in [9.17, 15) is 14.4 Å². The molecule has 1 atom stereocenters. The van der Waals surface area contributed by atoms with Gasteiger partial charge in [0.1, 0.15) is 13.2 Å². The Morgan fingerprint density at radius 1 is 0.344 bits per heavy atom. The maximum Gasteiger partial charge on any atom is 0.306 e. The molecule has 0 unspecified atom stereocenters. The molecule has 0 spiro atoms. The van der Waals surface area contributed by atoms with Gasteiger partial charge in [0.25, 0.3) is 0 Å². The molecule has 61 heavy (non-hydrogen) atoms. The van der Waals surface area contributed by atoms with Crippen molar-refractivity contribution in [1.82, 2.24) is 0 Å². The van der Waals surface area contributed by atoms with Crippen molar-refractivity contribution in [3.8, 4) is 0 Å². The van der Waals surface area contributed by atoms with Crippen molar-refractivity contribution in [3.05, 3.63) is 109 Å². The molecule has 0 heterocycles. The molecule has 0 aliphatic heterocycles. The Bertz CT molecular complexity index is 1290. The van der Waals surface area contributed by atoms with Crippen LogP contribution in [0.3, 0.4) is 0 Å². The van der Waals surface area contributed by atoms with Crippen molar-refractivity contribution >= 4 is 17.9 Å². The fourth-order valence-corrected chi connectivity index (χ4v) is 6.19. The maximum atomic E-state index is 12.7. The molecular weight excluding hydrogens is 757 g/mol. The molecule has 0 N–H and O–H groups in total. The molecular formula is C55H88O6. The minimum atomic E-state index is -0.816. The largest absolute Gasteiger partial charge is 0.462 e. The van der Waals surface area contributed by atoms with Crippen molar-refractivity contribution in [3.63, 3.8) is 0 Å². The Morgan fingerprint density at radius 3 is 1.10 bits per heavy atom. The SMILES string of the molecule is CC/C=C\C/C=C\C/C=C\C/C=C\C/C=C\C/C=C\CCC(=O)OC[C@@H](COC(=O)CCCCCCCCCCC)OC(=O)CCCCCCC/C=C\C/C=C\C/C=C\CC. The van der Waals surface area contributed by atoms with Crippen LogP contribution in [0.4, 0.5) is 0 Å². The van der Waals surface area contributed by atoms with E-state index in [0.717, 1.165) is 116 Å². The van der Waals surface area contributed by atoms with Gasteiger partial charge in [-0.2, -0.15) is 0 Å². The van der Waals surface area contributed by atoms with Crippen LogP contribution in [0.25, 0.3) is 0 Å². The predicted octanol–water partition coefficient (Wildman–Crippen LogP) is 16.0. The molecule has 0 aromatic heterocycles. The molecule has 0 saturated heterocycles. The lowest BCUT2D eigenvalue weighted by atomic mass is 10.1. The van der Waals surface area contributed by atoms with Crippen molar-refractivity contribution in [2.45, 2.75) is 207 Å². The summed E-state index contributed by atoms with van der Waals surface area (Å²) in [4.78, 5) is 37.8. The van der Waals surface area contributed by atoms with Crippen molar-refractivity contribution in [2.75, 3.05) is 13.2 Å². The normalized spacial score (nSPS) is 13.0. The van der Waals surface area contributed by atoms with Gasteiger partial charge in [-0.1, -0.05) is 201 Å². The van der Waals surface area contributed by atoms with E-state index in [2.05, 4.69) is 118 Å². The molecule has 0 fully saturated rings. The highest BCUT2D eigenvalue weighted by Gasteiger charge is 2.19. The summed E-state index contributed by atoms with van der Waals surface area (Å²) >= 11 is 0. The van der Waals surface area contributed by atoms with E-state index >= 15 is 0 Å². The molecule has 0 aliphatic carbocycles. The van der Waals surface area contributed by atoms with Gasteiger partial charge >= 0.3 is 17.9 Å². The van der Waals surface area contributed by atoms with Crippen LogP contribution in [0, 0.1) is 0 Å². The zero-order valence-electron chi connectivity index (χ0n) is 39.1. The summed E-state index contributed by atoms with van der Waals surface area (Å²) in [6, 6.07) is 0. The molecule has 0 bridgehead atoms. The number of carbonyl (C=O) groups excluding carboxylic acids is 3. The Morgan fingerprint density at radius 2 is 0.672 bits per heavy atom. The lowest BCUT2D eigenvalue weighted by Gasteiger charge is -2.18. The van der Waals surface area contributed by atoms with Crippen LogP contribution in [-0.4, -0.2) is 37.2 Å². The first-order valence-corrected chi connectivity index (χ1v) is 24.4. The monoisotopic (exact) mass is 845 g/mol. The average Bonchev–Trinajstić information content (AvgIpc) is 3.26. The molecule has 0 radical (unpaired) electrons. The second-order valence-electron chi connectivity index (χ2n) is 15.6. The van der Waals surface area contributed by atoms with E-state index in [4.69, 9.17) is 14.2 Å². The highest BCUT2D eigenvalue weighted by molar-refractivity contribution is 5.71. The number of carbonyl (C=O) groups is 3. The first kappa shape index (κ1) is 57.1. The maximum absolute atomic E-state index is 12.7. The molecule has 6 heteroatoms. The van der Waals surface area contributed by atoms with Crippen molar-refractivity contribution < 1.29 is 28.6 Å². The minimum Gasteiger partial charge on any atom is -0.462 e. The first-order chi connectivity index (χ1) is 30.0. The molecule has 0 aliphatic rings. The zero-order chi connectivity index (χ0) is 44.4. The van der Waals surface area contributed by atoms with Crippen LogP contribution in [0.15, 0.2) is 109 Å². The smallest absolute Gasteiger partial charge is 0.306 e. The van der Waals surface area contributed by atoms with Gasteiger partial charge in [0, 0.05) is 19.3 Å². The summed E-state index contributed by atoms with van der Waals surface area (Å²) in [5.74, 6) is -1.03. The number of esters is 3. The van der Waals surface area contributed by atoms with Gasteiger partial charge in [-0.15, -0.1) is 0 Å². The van der Waals surface area contributed by atoms with Gasteiger partial charge in [0.2, 0.25) is 0 Å². The van der Waals surface area contributed by atoms with E-state index in [0.29, 0.717) is 19.3 Å². The van der Waals surface area contributed by atoms with Gasteiger partial charge < -0.3 is 14.2 Å². The third kappa shape index (κ3) is 47.0. The topological polar surface area (TPSA) is 78.9 Å². The van der Waals surface area contributed by atoms with Crippen LogP contribution in [0.1, 0.15) is 201 Å². The van der Waals surface area contributed by atoms with Crippen LogP contribution in [-0.2, 0) is 28.6 Å². The Labute approximate surface area is 374 Å². The number of hydrogen-bond acceptors (Lipinski definition) is 6. The van der Waals surface area contributed by atoms with Crippen molar-refractivity contribution in [2.24, 2.45) is 0 Å². The number of unbranched alkanes of at least 4 members (excludes halogenated alkanes) is 13. The summed E-state index contributed by atoms with van der Waals surface area (Å²) in [6.07, 6.45) is 65.1. The highest BCUT2D eigenvalue weighted by atomic mass is 16.6. The van der Waals surface area contributed by atoms with Gasteiger partial charge in [-0.05, 0) is 89.9 Å². The van der Waals surface area contributed by atoms with Crippen LogP contribution >= 0.6 is 0 Å². The van der Waals surface area contributed by atoms with E-state index in [1.807, 2.05) is 12.2 Å². The Hall–Kier alpha value is -3.93. The second kappa shape index (κ2) is 48.7. The molecule has 0 aromatic rings. The van der Waals surface area contributed by atoms with Crippen LogP contribution in [0.2, 0.25) is 0 Å². The Balaban J connectivity index is 4.51. The predicted molar refractivity (Wildman–Crippen MR) is 260 cm³/mol. The Kier molecular flexibility index (Phi) is 45.6. The van der Waals surface area contributed by atoms with E-state index in [1.54, 1.807) is 0 Å². The lowest BCUT2D eigenvalue weighted by Crippen LogP contribution is -2.30. The number of ether oxygens (including phenoxy) is 3. The van der Waals surface area contributed by atoms with Gasteiger partial charge in [-0.25, -0.2) is 0 Å². The standard InChI is InChI=1S/C55H88O6/c1-4-7-10-13-16-19-21-23-25-26-27-28-30-31-33-36-39-42-45-48-54(57)60-51-52(50-59-53(56)47-44-41-38-35-18-15-12-9-6-3)61-55(58)49-46-43-40-37-34-32-29-24-22-20-17-14-11-8-5-2/h7-8,10-11,16-17,19-20,23-25,27-29,31,33,39,42,52H,4-6,9,12-15,18,21-22,26,30,32,34-38,40-41,43-51H2,1-3H3/b10-7-,11-8-,19-16-,20-17-,25-23-,28-27-,29-24-,33-31-,42-39-/t52-/m1/s1. The second-order valence-corrected chi connectivity index (χ2v) is 15.6.